The number of fused-ring (bicyclic) bond motifs is 4. The van der Waals surface area contributed by atoms with Gasteiger partial charge in [-0.15, -0.1) is 0 Å². The molecule has 1 spiro atoms. The molecular formula is C38H35N3O2S. The molecule has 1 saturated carbocycles. The van der Waals surface area contributed by atoms with Crippen molar-refractivity contribution in [1.82, 2.24) is 9.55 Å². The van der Waals surface area contributed by atoms with E-state index in [2.05, 4.69) is 18.2 Å². The van der Waals surface area contributed by atoms with E-state index >= 15 is 0 Å². The zero-order valence-electron chi connectivity index (χ0n) is 24.7. The Kier molecular flexibility index (Phi) is 7.92. The number of carbonyl (C=O) groups is 1. The smallest absolute Gasteiger partial charge is 0.258 e. The summed E-state index contributed by atoms with van der Waals surface area (Å²) in [5.74, 6) is 0.0612. The molecule has 7 rings (SSSR count). The molecule has 0 unspecified atom stereocenters. The van der Waals surface area contributed by atoms with Crippen molar-refractivity contribution in [2.75, 3.05) is 10.7 Å². The molecule has 1 amide bonds. The Labute approximate surface area is 262 Å². The molecule has 0 atom stereocenters. The molecule has 5 nitrogen and oxygen atoms in total. The fraction of sp³-hybridized carbons (Fsp3) is 0.237. The summed E-state index contributed by atoms with van der Waals surface area (Å²) in [7, 11) is 0. The lowest BCUT2D eigenvalue weighted by atomic mass is 9.62. The van der Waals surface area contributed by atoms with Gasteiger partial charge in [0.15, 0.2) is 5.16 Å². The topological polar surface area (TPSA) is 55.2 Å². The summed E-state index contributed by atoms with van der Waals surface area (Å²) in [6.45, 7) is 0.412. The summed E-state index contributed by atoms with van der Waals surface area (Å²) in [6, 6.07) is 37.9. The van der Waals surface area contributed by atoms with Crippen molar-refractivity contribution in [3.8, 4) is 11.3 Å². The SMILES string of the molecule is O=C(CSc1nc2c(c(=O)n1Cc1ccccc1)C1(CCCCC1)Cc1ccccc1-2)N(c1ccccc1)c1ccccc1. The molecule has 2 aliphatic carbocycles. The maximum Gasteiger partial charge on any atom is 0.258 e. The van der Waals surface area contributed by atoms with Gasteiger partial charge in [0.2, 0.25) is 5.91 Å². The van der Waals surface area contributed by atoms with Crippen LogP contribution < -0.4 is 10.5 Å². The molecule has 1 heterocycles. The Hall–Kier alpha value is -4.42. The Bertz CT molecular complexity index is 1790. The quantitative estimate of drug-likeness (QED) is 0.140. The van der Waals surface area contributed by atoms with Crippen LogP contribution in [-0.4, -0.2) is 21.2 Å². The van der Waals surface area contributed by atoms with Crippen LogP contribution in [0.25, 0.3) is 11.3 Å². The van der Waals surface area contributed by atoms with Crippen molar-refractivity contribution in [2.45, 2.75) is 55.6 Å². The highest BCUT2D eigenvalue weighted by atomic mass is 32.2. The van der Waals surface area contributed by atoms with E-state index in [4.69, 9.17) is 4.98 Å². The first-order valence-corrected chi connectivity index (χ1v) is 16.4. The van der Waals surface area contributed by atoms with E-state index in [9.17, 15) is 9.59 Å². The Morgan fingerprint density at radius 2 is 1.36 bits per heavy atom. The first-order chi connectivity index (χ1) is 21.6. The standard InChI is InChI=1S/C38H35N3O2S/c42-33(41(30-18-7-2-8-19-30)31-20-9-3-10-21-31)27-44-37-39-35-32-22-12-11-17-29(32)25-38(23-13-4-14-24-38)34(35)36(43)40(37)26-28-15-5-1-6-16-28/h1-3,5-12,15-22H,4,13-14,23-27H2. The molecule has 4 aromatic carbocycles. The normalized spacial score (nSPS) is 14.9. The third kappa shape index (κ3) is 5.39. The van der Waals surface area contributed by atoms with Gasteiger partial charge in [0.1, 0.15) is 0 Å². The van der Waals surface area contributed by atoms with Crippen molar-refractivity contribution >= 4 is 29.0 Å². The highest BCUT2D eigenvalue weighted by molar-refractivity contribution is 7.99. The van der Waals surface area contributed by atoms with Crippen molar-refractivity contribution in [3.63, 3.8) is 0 Å². The van der Waals surface area contributed by atoms with E-state index in [-0.39, 0.29) is 22.6 Å². The maximum absolute atomic E-state index is 14.8. The van der Waals surface area contributed by atoms with Crippen LogP contribution in [0.3, 0.4) is 0 Å². The third-order valence-corrected chi connectivity index (χ3v) is 10.0. The van der Waals surface area contributed by atoms with Gasteiger partial charge in [-0.2, -0.15) is 0 Å². The molecule has 0 N–H and O–H groups in total. The summed E-state index contributed by atoms with van der Waals surface area (Å²) in [4.78, 5) is 35.8. The van der Waals surface area contributed by atoms with Crippen LogP contribution in [0.2, 0.25) is 0 Å². The van der Waals surface area contributed by atoms with Crippen LogP contribution in [0.5, 0.6) is 0 Å². The average Bonchev–Trinajstić information content (AvgIpc) is 3.07. The second-order valence-corrected chi connectivity index (χ2v) is 12.8. The minimum absolute atomic E-state index is 0.0354. The summed E-state index contributed by atoms with van der Waals surface area (Å²) in [5, 5.41) is 0.578. The predicted molar refractivity (Wildman–Crippen MR) is 179 cm³/mol. The summed E-state index contributed by atoms with van der Waals surface area (Å²) >= 11 is 1.35. The van der Waals surface area contributed by atoms with Crippen LogP contribution in [0.15, 0.2) is 125 Å². The number of hydrogen-bond acceptors (Lipinski definition) is 4. The molecule has 44 heavy (non-hydrogen) atoms. The van der Waals surface area contributed by atoms with E-state index in [1.807, 2.05) is 102 Å². The molecule has 5 aromatic rings. The average molecular weight is 598 g/mol. The van der Waals surface area contributed by atoms with Crippen molar-refractivity contribution in [3.05, 3.63) is 142 Å². The number of anilines is 2. The minimum atomic E-state index is -0.194. The van der Waals surface area contributed by atoms with Crippen molar-refractivity contribution in [2.24, 2.45) is 0 Å². The Morgan fingerprint density at radius 3 is 2.02 bits per heavy atom. The monoisotopic (exact) mass is 597 g/mol. The lowest BCUT2D eigenvalue weighted by Gasteiger charge is -2.42. The van der Waals surface area contributed by atoms with E-state index in [0.717, 1.165) is 65.9 Å². The van der Waals surface area contributed by atoms with Gasteiger partial charge in [0.25, 0.3) is 5.56 Å². The van der Waals surface area contributed by atoms with Crippen molar-refractivity contribution < 1.29 is 4.79 Å². The third-order valence-electron chi connectivity index (χ3n) is 9.06. The zero-order chi connectivity index (χ0) is 29.9. The van der Waals surface area contributed by atoms with Crippen LogP contribution >= 0.6 is 11.8 Å². The molecule has 0 saturated heterocycles. The highest BCUT2D eigenvalue weighted by Crippen LogP contribution is 2.49. The summed E-state index contributed by atoms with van der Waals surface area (Å²) < 4.78 is 1.83. The van der Waals surface area contributed by atoms with Gasteiger partial charge >= 0.3 is 0 Å². The van der Waals surface area contributed by atoms with Gasteiger partial charge in [0.05, 0.1) is 23.6 Å². The lowest BCUT2D eigenvalue weighted by Crippen LogP contribution is -2.43. The molecule has 0 bridgehead atoms. The largest absolute Gasteiger partial charge is 0.283 e. The molecule has 1 aromatic heterocycles. The fourth-order valence-corrected chi connectivity index (χ4v) is 7.86. The van der Waals surface area contributed by atoms with Crippen LogP contribution in [0, 0.1) is 0 Å². The molecule has 0 aliphatic heterocycles. The van der Waals surface area contributed by atoms with Gasteiger partial charge < -0.3 is 0 Å². The van der Waals surface area contributed by atoms with Crippen LogP contribution in [-0.2, 0) is 23.2 Å². The van der Waals surface area contributed by atoms with E-state index in [1.54, 1.807) is 4.90 Å². The second kappa shape index (κ2) is 12.3. The number of hydrogen-bond donors (Lipinski definition) is 0. The summed E-state index contributed by atoms with van der Waals surface area (Å²) in [6.07, 6.45) is 6.35. The van der Waals surface area contributed by atoms with Gasteiger partial charge in [-0.25, -0.2) is 4.98 Å². The number of carbonyl (C=O) groups excluding carboxylic acids is 1. The minimum Gasteiger partial charge on any atom is -0.283 e. The van der Waals surface area contributed by atoms with Gasteiger partial charge in [-0.05, 0) is 54.7 Å². The number of thioether (sulfide) groups is 1. The number of nitrogens with zero attached hydrogens (tertiary/aromatic N) is 3. The zero-order valence-corrected chi connectivity index (χ0v) is 25.5. The first-order valence-electron chi connectivity index (χ1n) is 15.5. The maximum atomic E-state index is 14.8. The molecule has 2 aliphatic rings. The highest BCUT2D eigenvalue weighted by Gasteiger charge is 2.43. The van der Waals surface area contributed by atoms with Gasteiger partial charge in [-0.3, -0.25) is 19.1 Å². The Morgan fingerprint density at radius 1 is 0.773 bits per heavy atom. The number of aromatic nitrogens is 2. The lowest BCUT2D eigenvalue weighted by molar-refractivity contribution is -0.115. The predicted octanol–water partition coefficient (Wildman–Crippen LogP) is 8.17. The molecule has 1 fully saturated rings. The Balaban J connectivity index is 1.33. The number of benzene rings is 4. The van der Waals surface area contributed by atoms with E-state index in [0.29, 0.717) is 11.7 Å². The molecule has 6 heteroatoms. The number of para-hydroxylation sites is 2. The van der Waals surface area contributed by atoms with Gasteiger partial charge in [0, 0.05) is 22.4 Å². The second-order valence-electron chi connectivity index (χ2n) is 11.9. The van der Waals surface area contributed by atoms with Crippen molar-refractivity contribution in [1.29, 1.82) is 0 Å². The number of amides is 1. The van der Waals surface area contributed by atoms with E-state index in [1.165, 1.54) is 23.7 Å². The van der Waals surface area contributed by atoms with E-state index < -0.39 is 0 Å². The van der Waals surface area contributed by atoms with Crippen LogP contribution in [0.1, 0.15) is 48.8 Å². The molecule has 0 radical (unpaired) electrons. The molecule has 220 valence electrons. The molecular weight excluding hydrogens is 563 g/mol. The van der Waals surface area contributed by atoms with Gasteiger partial charge in [-0.1, -0.05) is 122 Å². The van der Waals surface area contributed by atoms with Crippen LogP contribution in [0.4, 0.5) is 11.4 Å². The first kappa shape index (κ1) is 28.4. The fourth-order valence-electron chi connectivity index (χ4n) is 7.02. The number of rotatable bonds is 7. The summed E-state index contributed by atoms with van der Waals surface area (Å²) in [5.41, 5.74) is 6.48.